The van der Waals surface area contributed by atoms with Crippen LogP contribution in [0.4, 0.5) is 18.9 Å². The number of halogens is 4. The Hall–Kier alpha value is -1.69. The molecule has 0 atom stereocenters. The zero-order valence-electron chi connectivity index (χ0n) is 11.2. The standard InChI is InChI=1S/C15H13BrF3NO/c1-10-8-12(16)6-7-13(10)20-9-11-4-2-3-5-14(11)21-15(17,18)19/h2-8,20H,9H2,1H3. The summed E-state index contributed by atoms with van der Waals surface area (Å²) in [6, 6.07) is 11.8. The van der Waals surface area contributed by atoms with Crippen LogP contribution in [0.5, 0.6) is 5.75 Å². The lowest BCUT2D eigenvalue weighted by molar-refractivity contribution is -0.274. The fourth-order valence-corrected chi connectivity index (χ4v) is 2.37. The molecule has 0 aliphatic carbocycles. The zero-order chi connectivity index (χ0) is 15.5. The van der Waals surface area contributed by atoms with E-state index < -0.39 is 6.36 Å². The van der Waals surface area contributed by atoms with Gasteiger partial charge in [0.2, 0.25) is 0 Å². The summed E-state index contributed by atoms with van der Waals surface area (Å²) in [6.07, 6.45) is -4.69. The van der Waals surface area contributed by atoms with Gasteiger partial charge in [-0.2, -0.15) is 0 Å². The maximum absolute atomic E-state index is 12.3. The molecule has 0 aliphatic rings. The van der Waals surface area contributed by atoms with Crippen LogP contribution in [0.2, 0.25) is 0 Å². The summed E-state index contributed by atoms with van der Waals surface area (Å²) < 4.78 is 42.0. The summed E-state index contributed by atoms with van der Waals surface area (Å²) in [4.78, 5) is 0. The summed E-state index contributed by atoms with van der Waals surface area (Å²) in [5, 5.41) is 3.11. The van der Waals surface area contributed by atoms with Gasteiger partial charge in [-0.05, 0) is 36.8 Å². The van der Waals surface area contributed by atoms with Crippen molar-refractivity contribution >= 4 is 21.6 Å². The highest BCUT2D eigenvalue weighted by atomic mass is 79.9. The first-order valence-electron chi connectivity index (χ1n) is 6.19. The van der Waals surface area contributed by atoms with Gasteiger partial charge in [0, 0.05) is 22.3 Å². The average molecular weight is 360 g/mol. The fourth-order valence-electron chi connectivity index (χ4n) is 1.89. The Morgan fingerprint density at radius 3 is 2.52 bits per heavy atom. The lowest BCUT2D eigenvalue weighted by Crippen LogP contribution is -2.18. The summed E-state index contributed by atoms with van der Waals surface area (Å²) in [7, 11) is 0. The van der Waals surface area contributed by atoms with Crippen LogP contribution in [-0.2, 0) is 6.54 Å². The maximum atomic E-state index is 12.3. The van der Waals surface area contributed by atoms with Crippen LogP contribution >= 0.6 is 15.9 Å². The smallest absolute Gasteiger partial charge is 0.405 e. The number of alkyl halides is 3. The van der Waals surface area contributed by atoms with Gasteiger partial charge in [0.1, 0.15) is 5.75 Å². The summed E-state index contributed by atoms with van der Waals surface area (Å²) >= 11 is 3.36. The monoisotopic (exact) mass is 359 g/mol. The number of hydrogen-bond acceptors (Lipinski definition) is 2. The predicted molar refractivity (Wildman–Crippen MR) is 79.3 cm³/mol. The zero-order valence-corrected chi connectivity index (χ0v) is 12.8. The molecule has 0 bridgehead atoms. The number of hydrogen-bond donors (Lipinski definition) is 1. The molecule has 2 nitrogen and oxygen atoms in total. The Balaban J connectivity index is 2.13. The molecule has 0 saturated carbocycles. The first-order chi connectivity index (χ1) is 9.85. The first kappa shape index (κ1) is 15.7. The molecule has 0 spiro atoms. The molecule has 0 aliphatic heterocycles. The van der Waals surface area contributed by atoms with Crippen molar-refractivity contribution in [3.05, 3.63) is 58.1 Å². The number of para-hydroxylation sites is 1. The van der Waals surface area contributed by atoms with Crippen molar-refractivity contribution in [1.29, 1.82) is 0 Å². The Bertz CT molecular complexity index is 629. The SMILES string of the molecule is Cc1cc(Br)ccc1NCc1ccccc1OC(F)(F)F. The van der Waals surface area contributed by atoms with Gasteiger partial charge >= 0.3 is 6.36 Å². The molecule has 2 aromatic carbocycles. The van der Waals surface area contributed by atoms with Gasteiger partial charge in [0.05, 0.1) is 0 Å². The van der Waals surface area contributed by atoms with Crippen molar-refractivity contribution in [3.63, 3.8) is 0 Å². The highest BCUT2D eigenvalue weighted by Gasteiger charge is 2.31. The minimum atomic E-state index is -4.69. The van der Waals surface area contributed by atoms with Crippen LogP contribution in [0.15, 0.2) is 46.9 Å². The van der Waals surface area contributed by atoms with Crippen molar-refractivity contribution < 1.29 is 17.9 Å². The van der Waals surface area contributed by atoms with Crippen molar-refractivity contribution in [2.24, 2.45) is 0 Å². The largest absolute Gasteiger partial charge is 0.573 e. The Morgan fingerprint density at radius 1 is 1.14 bits per heavy atom. The minimum absolute atomic E-state index is 0.188. The van der Waals surface area contributed by atoms with Crippen LogP contribution in [0.3, 0.4) is 0 Å². The highest BCUT2D eigenvalue weighted by Crippen LogP contribution is 2.27. The van der Waals surface area contributed by atoms with Gasteiger partial charge in [0.15, 0.2) is 0 Å². The molecular formula is C15H13BrF3NO. The number of rotatable bonds is 4. The minimum Gasteiger partial charge on any atom is -0.405 e. The van der Waals surface area contributed by atoms with Crippen LogP contribution in [0.25, 0.3) is 0 Å². The molecule has 1 N–H and O–H groups in total. The summed E-state index contributed by atoms with van der Waals surface area (Å²) in [6.45, 7) is 2.17. The molecule has 0 fully saturated rings. The number of nitrogens with one attached hydrogen (secondary N) is 1. The van der Waals surface area contributed by atoms with Gasteiger partial charge in [0.25, 0.3) is 0 Å². The van der Waals surface area contributed by atoms with Crippen LogP contribution < -0.4 is 10.1 Å². The van der Waals surface area contributed by atoms with E-state index in [1.54, 1.807) is 12.1 Å². The van der Waals surface area contributed by atoms with Crippen molar-refractivity contribution in [2.75, 3.05) is 5.32 Å². The molecule has 0 heterocycles. The number of anilines is 1. The Kier molecular flexibility index (Phi) is 4.77. The molecule has 0 radical (unpaired) electrons. The Morgan fingerprint density at radius 2 is 1.86 bits per heavy atom. The molecule has 0 aromatic heterocycles. The van der Waals surface area contributed by atoms with Crippen molar-refractivity contribution in [3.8, 4) is 5.75 Å². The third kappa shape index (κ3) is 4.67. The van der Waals surface area contributed by atoms with Gasteiger partial charge in [-0.3, -0.25) is 0 Å². The van der Waals surface area contributed by atoms with Crippen LogP contribution in [-0.4, -0.2) is 6.36 Å². The lowest BCUT2D eigenvalue weighted by Gasteiger charge is -2.15. The highest BCUT2D eigenvalue weighted by molar-refractivity contribution is 9.10. The van der Waals surface area contributed by atoms with E-state index in [0.29, 0.717) is 5.56 Å². The van der Waals surface area contributed by atoms with E-state index in [1.165, 1.54) is 12.1 Å². The number of benzene rings is 2. The number of ether oxygens (including phenoxy) is 1. The van der Waals surface area contributed by atoms with Gasteiger partial charge in [-0.25, -0.2) is 0 Å². The van der Waals surface area contributed by atoms with E-state index in [-0.39, 0.29) is 12.3 Å². The topological polar surface area (TPSA) is 21.3 Å². The molecule has 0 amide bonds. The molecule has 0 saturated heterocycles. The van der Waals surface area contributed by atoms with Crippen LogP contribution in [0, 0.1) is 6.92 Å². The van der Waals surface area contributed by atoms with Crippen LogP contribution in [0.1, 0.15) is 11.1 Å². The maximum Gasteiger partial charge on any atom is 0.573 e. The molecule has 0 unspecified atom stereocenters. The third-order valence-electron chi connectivity index (χ3n) is 2.86. The van der Waals surface area contributed by atoms with E-state index in [2.05, 4.69) is 26.0 Å². The normalized spacial score (nSPS) is 11.3. The number of aryl methyl sites for hydroxylation is 1. The Labute approximate surface area is 129 Å². The molecule has 112 valence electrons. The first-order valence-corrected chi connectivity index (χ1v) is 6.98. The average Bonchev–Trinajstić information content (AvgIpc) is 2.37. The second-order valence-electron chi connectivity index (χ2n) is 4.47. The second-order valence-corrected chi connectivity index (χ2v) is 5.38. The van der Waals surface area contributed by atoms with E-state index in [1.807, 2.05) is 25.1 Å². The molecular weight excluding hydrogens is 347 g/mol. The lowest BCUT2D eigenvalue weighted by atomic mass is 10.1. The van der Waals surface area contributed by atoms with E-state index in [9.17, 15) is 13.2 Å². The van der Waals surface area contributed by atoms with E-state index in [4.69, 9.17) is 0 Å². The molecule has 2 aromatic rings. The van der Waals surface area contributed by atoms with Gasteiger partial charge in [-0.15, -0.1) is 13.2 Å². The van der Waals surface area contributed by atoms with Gasteiger partial charge < -0.3 is 10.1 Å². The van der Waals surface area contributed by atoms with E-state index in [0.717, 1.165) is 15.7 Å². The summed E-state index contributed by atoms with van der Waals surface area (Å²) in [5.74, 6) is -0.188. The van der Waals surface area contributed by atoms with Crippen molar-refractivity contribution in [2.45, 2.75) is 19.8 Å². The predicted octanol–water partition coefficient (Wildman–Crippen LogP) is 5.27. The molecule has 6 heteroatoms. The molecule has 21 heavy (non-hydrogen) atoms. The van der Waals surface area contributed by atoms with Gasteiger partial charge in [-0.1, -0.05) is 34.1 Å². The third-order valence-corrected chi connectivity index (χ3v) is 3.35. The quantitative estimate of drug-likeness (QED) is 0.802. The fraction of sp³-hybridized carbons (Fsp3) is 0.200. The summed E-state index contributed by atoms with van der Waals surface area (Å²) in [5.41, 5.74) is 2.30. The van der Waals surface area contributed by atoms with Crippen molar-refractivity contribution in [1.82, 2.24) is 0 Å². The second kappa shape index (κ2) is 6.39. The molecule has 2 rings (SSSR count). The van der Waals surface area contributed by atoms with E-state index >= 15 is 0 Å².